The number of rotatable bonds is 4. The number of hydrogen-bond acceptors (Lipinski definition) is 1. The molecule has 0 aliphatic rings. The van der Waals surface area contributed by atoms with Crippen molar-refractivity contribution in [1.29, 1.82) is 0 Å². The van der Waals surface area contributed by atoms with Crippen molar-refractivity contribution in [2.75, 3.05) is 0 Å². The van der Waals surface area contributed by atoms with Crippen molar-refractivity contribution in [3.05, 3.63) is 34.3 Å². The average Bonchev–Trinajstić information content (AvgIpc) is 2.20. The van der Waals surface area contributed by atoms with Gasteiger partial charge in [0.2, 0.25) is 0 Å². The van der Waals surface area contributed by atoms with E-state index in [4.69, 9.17) is 11.6 Å². The van der Waals surface area contributed by atoms with Gasteiger partial charge in [-0.1, -0.05) is 37.6 Å². The van der Waals surface area contributed by atoms with Crippen molar-refractivity contribution < 1.29 is 4.79 Å². The van der Waals surface area contributed by atoms with Crippen LogP contribution in [0.3, 0.4) is 0 Å². The highest BCUT2D eigenvalue weighted by Crippen LogP contribution is 2.27. The van der Waals surface area contributed by atoms with Crippen molar-refractivity contribution in [1.82, 2.24) is 0 Å². The first-order valence-corrected chi connectivity index (χ1v) is 6.00. The lowest BCUT2D eigenvalue weighted by atomic mass is 9.85. The van der Waals surface area contributed by atoms with Gasteiger partial charge in [0.15, 0.2) is 0 Å². The number of carbonyl (C=O) groups excluding carboxylic acids is 1. The summed E-state index contributed by atoms with van der Waals surface area (Å²) in [5.74, 6) is 0.586. The predicted octanol–water partition coefficient (Wildman–Crippen LogP) is 4.02. The van der Waals surface area contributed by atoms with Crippen LogP contribution >= 0.6 is 11.6 Å². The standard InChI is InChI=1S/C14H19ClO/c1-10(2)7-11-5-6-12(8-13(11)15)14(3,4)9-16/h5-6,8-10H,7H2,1-4H3. The van der Waals surface area contributed by atoms with Crippen molar-refractivity contribution in [3.8, 4) is 0 Å². The van der Waals surface area contributed by atoms with Crippen LogP contribution in [0.5, 0.6) is 0 Å². The zero-order valence-corrected chi connectivity index (χ0v) is 11.1. The molecule has 88 valence electrons. The van der Waals surface area contributed by atoms with E-state index < -0.39 is 5.41 Å². The Balaban J connectivity index is 3.04. The minimum atomic E-state index is -0.458. The Morgan fingerprint density at radius 1 is 1.38 bits per heavy atom. The third-order valence-electron chi connectivity index (χ3n) is 2.72. The van der Waals surface area contributed by atoms with Gasteiger partial charge >= 0.3 is 0 Å². The first kappa shape index (κ1) is 13.2. The molecular formula is C14H19ClO. The Bertz CT molecular complexity index is 380. The molecule has 0 amide bonds. The number of halogens is 1. The second-order valence-electron chi connectivity index (χ2n) is 5.24. The van der Waals surface area contributed by atoms with Gasteiger partial charge in [-0.05, 0) is 43.4 Å². The van der Waals surface area contributed by atoms with Crippen LogP contribution < -0.4 is 0 Å². The Morgan fingerprint density at radius 3 is 2.44 bits per heavy atom. The number of carbonyl (C=O) groups is 1. The molecule has 0 radical (unpaired) electrons. The fraction of sp³-hybridized carbons (Fsp3) is 0.500. The molecule has 16 heavy (non-hydrogen) atoms. The zero-order chi connectivity index (χ0) is 12.3. The summed E-state index contributed by atoms with van der Waals surface area (Å²) in [6, 6.07) is 5.94. The third kappa shape index (κ3) is 3.08. The smallest absolute Gasteiger partial charge is 0.129 e. The summed E-state index contributed by atoms with van der Waals surface area (Å²) in [6.45, 7) is 8.13. The lowest BCUT2D eigenvalue weighted by molar-refractivity contribution is -0.111. The Kier molecular flexibility index (Phi) is 4.15. The van der Waals surface area contributed by atoms with E-state index in [0.717, 1.165) is 28.9 Å². The summed E-state index contributed by atoms with van der Waals surface area (Å²) in [7, 11) is 0. The quantitative estimate of drug-likeness (QED) is 0.725. The molecule has 0 fully saturated rings. The SMILES string of the molecule is CC(C)Cc1ccc(C(C)(C)C=O)cc1Cl. The van der Waals surface area contributed by atoms with Crippen molar-refractivity contribution in [2.24, 2.45) is 5.92 Å². The topological polar surface area (TPSA) is 17.1 Å². The fourth-order valence-electron chi connectivity index (χ4n) is 1.62. The highest BCUT2D eigenvalue weighted by molar-refractivity contribution is 6.31. The van der Waals surface area contributed by atoms with Crippen LogP contribution in [0.4, 0.5) is 0 Å². The molecule has 0 N–H and O–H groups in total. The van der Waals surface area contributed by atoms with Crippen LogP contribution in [0.25, 0.3) is 0 Å². The summed E-state index contributed by atoms with van der Waals surface area (Å²) >= 11 is 6.22. The fourth-order valence-corrected chi connectivity index (χ4v) is 1.88. The largest absolute Gasteiger partial charge is 0.302 e. The molecule has 0 aliphatic heterocycles. The zero-order valence-electron chi connectivity index (χ0n) is 10.4. The van der Waals surface area contributed by atoms with Gasteiger partial charge in [-0.2, -0.15) is 0 Å². The highest BCUT2D eigenvalue weighted by atomic mass is 35.5. The Morgan fingerprint density at radius 2 is 2.00 bits per heavy atom. The van der Waals surface area contributed by atoms with E-state index in [9.17, 15) is 4.79 Å². The molecule has 0 atom stereocenters. The van der Waals surface area contributed by atoms with Gasteiger partial charge in [0, 0.05) is 10.4 Å². The summed E-state index contributed by atoms with van der Waals surface area (Å²) in [5.41, 5.74) is 1.67. The molecule has 0 heterocycles. The predicted molar refractivity (Wildman–Crippen MR) is 69.1 cm³/mol. The molecule has 0 saturated carbocycles. The number of aldehydes is 1. The molecule has 0 aromatic heterocycles. The molecule has 1 nitrogen and oxygen atoms in total. The normalized spacial score (nSPS) is 11.9. The van der Waals surface area contributed by atoms with E-state index in [2.05, 4.69) is 13.8 Å². The molecule has 1 aromatic carbocycles. The molecule has 0 bridgehead atoms. The van der Waals surface area contributed by atoms with Crippen LogP contribution in [0.2, 0.25) is 5.02 Å². The van der Waals surface area contributed by atoms with E-state index in [-0.39, 0.29) is 0 Å². The van der Waals surface area contributed by atoms with Gasteiger partial charge in [-0.25, -0.2) is 0 Å². The Hall–Kier alpha value is -0.820. The molecule has 1 aromatic rings. The maximum atomic E-state index is 11.0. The molecule has 0 aliphatic carbocycles. The van der Waals surface area contributed by atoms with Crippen LogP contribution in [0, 0.1) is 5.92 Å². The van der Waals surface area contributed by atoms with Gasteiger partial charge < -0.3 is 4.79 Å². The van der Waals surface area contributed by atoms with E-state index in [0.29, 0.717) is 5.92 Å². The van der Waals surface area contributed by atoms with E-state index in [1.807, 2.05) is 32.0 Å². The summed E-state index contributed by atoms with van der Waals surface area (Å²) in [4.78, 5) is 11.0. The van der Waals surface area contributed by atoms with Crippen molar-refractivity contribution in [2.45, 2.75) is 39.5 Å². The van der Waals surface area contributed by atoms with Crippen LogP contribution in [0.1, 0.15) is 38.8 Å². The van der Waals surface area contributed by atoms with Crippen LogP contribution in [-0.2, 0) is 16.6 Å². The number of benzene rings is 1. The number of hydrogen-bond donors (Lipinski definition) is 0. The van der Waals surface area contributed by atoms with Gasteiger partial charge in [0.05, 0.1) is 0 Å². The van der Waals surface area contributed by atoms with Gasteiger partial charge in [-0.15, -0.1) is 0 Å². The third-order valence-corrected chi connectivity index (χ3v) is 3.07. The summed E-state index contributed by atoms with van der Waals surface area (Å²) in [5, 5.41) is 0.765. The minimum absolute atomic E-state index is 0.458. The summed E-state index contributed by atoms with van der Waals surface area (Å²) in [6.07, 6.45) is 1.93. The lowest BCUT2D eigenvalue weighted by Crippen LogP contribution is -2.18. The van der Waals surface area contributed by atoms with E-state index in [1.54, 1.807) is 0 Å². The van der Waals surface area contributed by atoms with Crippen LogP contribution in [0.15, 0.2) is 18.2 Å². The maximum Gasteiger partial charge on any atom is 0.129 e. The van der Waals surface area contributed by atoms with Gasteiger partial charge in [0.1, 0.15) is 6.29 Å². The van der Waals surface area contributed by atoms with E-state index in [1.165, 1.54) is 0 Å². The first-order chi connectivity index (χ1) is 7.36. The highest BCUT2D eigenvalue weighted by Gasteiger charge is 2.20. The molecule has 0 unspecified atom stereocenters. The second-order valence-corrected chi connectivity index (χ2v) is 5.65. The maximum absolute atomic E-state index is 11.0. The van der Waals surface area contributed by atoms with Crippen molar-refractivity contribution >= 4 is 17.9 Å². The lowest BCUT2D eigenvalue weighted by Gasteiger charge is -2.19. The van der Waals surface area contributed by atoms with Gasteiger partial charge in [-0.3, -0.25) is 0 Å². The minimum Gasteiger partial charge on any atom is -0.302 e. The Labute approximate surface area is 103 Å². The molecular weight excluding hydrogens is 220 g/mol. The van der Waals surface area contributed by atoms with Crippen LogP contribution in [-0.4, -0.2) is 6.29 Å². The second kappa shape index (κ2) is 5.01. The van der Waals surface area contributed by atoms with E-state index >= 15 is 0 Å². The first-order valence-electron chi connectivity index (χ1n) is 5.62. The average molecular weight is 239 g/mol. The summed E-state index contributed by atoms with van der Waals surface area (Å²) < 4.78 is 0. The molecule has 1 rings (SSSR count). The van der Waals surface area contributed by atoms with Crippen molar-refractivity contribution in [3.63, 3.8) is 0 Å². The monoisotopic (exact) mass is 238 g/mol. The molecule has 0 spiro atoms. The molecule has 0 saturated heterocycles. The molecule has 2 heteroatoms. The van der Waals surface area contributed by atoms with Gasteiger partial charge in [0.25, 0.3) is 0 Å².